The van der Waals surface area contributed by atoms with Gasteiger partial charge in [0.05, 0.1) is 17.3 Å². The van der Waals surface area contributed by atoms with E-state index in [1.807, 2.05) is 23.9 Å². The molecule has 23 heavy (non-hydrogen) atoms. The topological polar surface area (TPSA) is 46.8 Å². The zero-order valence-electron chi connectivity index (χ0n) is 13.8. The van der Waals surface area contributed by atoms with E-state index in [-0.39, 0.29) is 0 Å². The molecule has 3 aromatic rings. The zero-order valence-corrected chi connectivity index (χ0v) is 13.8. The van der Waals surface area contributed by atoms with Crippen LogP contribution in [0, 0.1) is 13.8 Å². The van der Waals surface area contributed by atoms with Crippen LogP contribution >= 0.6 is 0 Å². The molecule has 2 aromatic heterocycles. The maximum Gasteiger partial charge on any atom is 0.140 e. The van der Waals surface area contributed by atoms with Gasteiger partial charge in [-0.05, 0) is 38.8 Å². The lowest BCUT2D eigenvalue weighted by molar-refractivity contribution is 0.694. The van der Waals surface area contributed by atoms with Crippen molar-refractivity contribution in [3.63, 3.8) is 0 Å². The van der Waals surface area contributed by atoms with Gasteiger partial charge < -0.3 is 4.90 Å². The summed E-state index contributed by atoms with van der Waals surface area (Å²) in [5, 5.41) is 5.73. The van der Waals surface area contributed by atoms with Crippen LogP contribution in [0.4, 0.5) is 5.82 Å². The number of anilines is 1. The largest absolute Gasteiger partial charge is 0.349 e. The molecular formula is C18H21N5. The van der Waals surface area contributed by atoms with E-state index in [1.54, 1.807) is 6.33 Å². The van der Waals surface area contributed by atoms with E-state index in [1.165, 1.54) is 17.7 Å². The van der Waals surface area contributed by atoms with Crippen LogP contribution in [0.2, 0.25) is 0 Å². The van der Waals surface area contributed by atoms with Crippen LogP contribution in [0.15, 0.2) is 30.6 Å². The Kier molecular flexibility index (Phi) is 3.29. The highest BCUT2D eigenvalue weighted by atomic mass is 15.3. The van der Waals surface area contributed by atoms with Crippen molar-refractivity contribution in [2.75, 3.05) is 11.4 Å². The molecule has 1 aliphatic rings. The van der Waals surface area contributed by atoms with Crippen LogP contribution in [0.25, 0.3) is 10.9 Å². The number of aromatic nitrogens is 4. The number of para-hydroxylation sites is 1. The van der Waals surface area contributed by atoms with Crippen molar-refractivity contribution in [2.45, 2.75) is 32.7 Å². The van der Waals surface area contributed by atoms with Gasteiger partial charge in [-0.3, -0.25) is 4.68 Å². The van der Waals surface area contributed by atoms with Crippen LogP contribution in [0.3, 0.4) is 0 Å². The van der Waals surface area contributed by atoms with Gasteiger partial charge in [0.2, 0.25) is 0 Å². The van der Waals surface area contributed by atoms with Crippen LogP contribution in [-0.2, 0) is 7.05 Å². The first kappa shape index (κ1) is 14.2. The average molecular weight is 307 g/mol. The van der Waals surface area contributed by atoms with Gasteiger partial charge in [0.1, 0.15) is 12.1 Å². The van der Waals surface area contributed by atoms with E-state index in [0.717, 1.165) is 35.4 Å². The van der Waals surface area contributed by atoms with E-state index in [0.29, 0.717) is 6.04 Å². The monoisotopic (exact) mass is 307 g/mol. The molecule has 3 heterocycles. The fraction of sp³-hybridized carbons (Fsp3) is 0.389. The van der Waals surface area contributed by atoms with Crippen LogP contribution < -0.4 is 4.90 Å². The minimum Gasteiger partial charge on any atom is -0.349 e. The Bertz CT molecular complexity index is 862. The maximum atomic E-state index is 4.62. The molecule has 1 aliphatic heterocycles. The molecule has 5 nitrogen and oxygen atoms in total. The number of fused-ring (bicyclic) bond motifs is 1. The Morgan fingerprint density at radius 3 is 2.74 bits per heavy atom. The Morgan fingerprint density at radius 2 is 1.96 bits per heavy atom. The Hall–Kier alpha value is -2.43. The van der Waals surface area contributed by atoms with Gasteiger partial charge in [0, 0.05) is 30.2 Å². The number of benzene rings is 1. The summed E-state index contributed by atoms with van der Waals surface area (Å²) in [5.41, 5.74) is 4.73. The van der Waals surface area contributed by atoms with E-state index in [9.17, 15) is 0 Å². The highest BCUT2D eigenvalue weighted by Crippen LogP contribution is 2.39. The molecule has 0 amide bonds. The lowest BCUT2D eigenvalue weighted by atomic mass is 10.0. The summed E-state index contributed by atoms with van der Waals surface area (Å²) in [6, 6.07) is 8.59. The lowest BCUT2D eigenvalue weighted by Crippen LogP contribution is -2.24. The van der Waals surface area contributed by atoms with Crippen molar-refractivity contribution in [3.8, 4) is 0 Å². The normalized spacial score (nSPS) is 18.0. The smallest absolute Gasteiger partial charge is 0.140 e. The van der Waals surface area contributed by atoms with Crippen molar-refractivity contribution in [2.24, 2.45) is 7.05 Å². The molecule has 1 atom stereocenters. The standard InChI is InChI=1S/C18H21N5/c1-12-17(13(2)22(3)21-12)16-9-6-10-23(16)18-14-7-4-5-8-15(14)19-11-20-18/h4-5,7-8,11,16H,6,9-10H2,1-3H3. The molecule has 1 aromatic carbocycles. The fourth-order valence-corrected chi connectivity index (χ4v) is 3.81. The third-order valence-corrected chi connectivity index (χ3v) is 4.94. The van der Waals surface area contributed by atoms with Crippen molar-refractivity contribution >= 4 is 16.7 Å². The van der Waals surface area contributed by atoms with E-state index < -0.39 is 0 Å². The van der Waals surface area contributed by atoms with Gasteiger partial charge in [-0.1, -0.05) is 12.1 Å². The first-order valence-corrected chi connectivity index (χ1v) is 8.13. The summed E-state index contributed by atoms with van der Waals surface area (Å²) in [7, 11) is 2.02. The molecule has 0 aliphatic carbocycles. The van der Waals surface area contributed by atoms with Crippen LogP contribution in [0.5, 0.6) is 0 Å². The zero-order chi connectivity index (χ0) is 16.0. The molecular weight excluding hydrogens is 286 g/mol. The third-order valence-electron chi connectivity index (χ3n) is 4.94. The van der Waals surface area contributed by atoms with Gasteiger partial charge in [-0.2, -0.15) is 5.10 Å². The Labute approximate surface area is 136 Å². The molecule has 0 saturated carbocycles. The van der Waals surface area contributed by atoms with Gasteiger partial charge in [-0.15, -0.1) is 0 Å². The van der Waals surface area contributed by atoms with Crippen molar-refractivity contribution < 1.29 is 0 Å². The quantitative estimate of drug-likeness (QED) is 0.728. The number of hydrogen-bond donors (Lipinski definition) is 0. The molecule has 118 valence electrons. The highest BCUT2D eigenvalue weighted by Gasteiger charge is 2.32. The van der Waals surface area contributed by atoms with Gasteiger partial charge >= 0.3 is 0 Å². The molecule has 0 radical (unpaired) electrons. The number of hydrogen-bond acceptors (Lipinski definition) is 4. The molecule has 1 unspecified atom stereocenters. The molecule has 1 saturated heterocycles. The Morgan fingerprint density at radius 1 is 1.13 bits per heavy atom. The minimum atomic E-state index is 0.349. The highest BCUT2D eigenvalue weighted by molar-refractivity contribution is 5.89. The number of aryl methyl sites for hydroxylation is 2. The summed E-state index contributed by atoms with van der Waals surface area (Å²) < 4.78 is 1.99. The predicted octanol–water partition coefficient (Wildman–Crippen LogP) is 3.32. The average Bonchev–Trinajstić information content (AvgIpc) is 3.12. The van der Waals surface area contributed by atoms with Gasteiger partial charge in [0.25, 0.3) is 0 Å². The van der Waals surface area contributed by atoms with Crippen molar-refractivity contribution in [3.05, 3.63) is 47.5 Å². The van der Waals surface area contributed by atoms with Crippen LogP contribution in [0.1, 0.15) is 35.8 Å². The Balaban J connectivity index is 1.84. The second-order valence-electron chi connectivity index (χ2n) is 6.27. The second kappa shape index (κ2) is 5.33. The van der Waals surface area contributed by atoms with Crippen molar-refractivity contribution in [1.82, 2.24) is 19.7 Å². The SMILES string of the molecule is Cc1nn(C)c(C)c1C1CCCN1c1ncnc2ccccc12. The van der Waals surface area contributed by atoms with Crippen LogP contribution in [-0.4, -0.2) is 26.3 Å². The third kappa shape index (κ3) is 2.19. The molecule has 5 heteroatoms. The number of rotatable bonds is 2. The number of nitrogens with zero attached hydrogens (tertiary/aromatic N) is 5. The summed E-state index contributed by atoms with van der Waals surface area (Å²) >= 11 is 0. The molecule has 0 spiro atoms. The molecule has 0 N–H and O–H groups in total. The second-order valence-corrected chi connectivity index (χ2v) is 6.27. The first-order valence-electron chi connectivity index (χ1n) is 8.13. The molecule has 1 fully saturated rings. The lowest BCUT2D eigenvalue weighted by Gasteiger charge is -2.27. The van der Waals surface area contributed by atoms with Gasteiger partial charge in [0.15, 0.2) is 0 Å². The van der Waals surface area contributed by atoms with E-state index in [2.05, 4.69) is 45.9 Å². The minimum absolute atomic E-state index is 0.349. The predicted molar refractivity (Wildman–Crippen MR) is 91.5 cm³/mol. The van der Waals surface area contributed by atoms with Crippen molar-refractivity contribution in [1.29, 1.82) is 0 Å². The molecule has 4 rings (SSSR count). The maximum absolute atomic E-state index is 4.62. The summed E-state index contributed by atoms with van der Waals surface area (Å²) in [6.45, 7) is 5.29. The van der Waals surface area contributed by atoms with E-state index >= 15 is 0 Å². The van der Waals surface area contributed by atoms with Gasteiger partial charge in [-0.25, -0.2) is 9.97 Å². The fourth-order valence-electron chi connectivity index (χ4n) is 3.81. The first-order chi connectivity index (χ1) is 11.2. The summed E-state index contributed by atoms with van der Waals surface area (Å²) in [4.78, 5) is 11.4. The summed E-state index contributed by atoms with van der Waals surface area (Å²) in [6.07, 6.45) is 4.00. The van der Waals surface area contributed by atoms with E-state index in [4.69, 9.17) is 0 Å². The molecule has 0 bridgehead atoms. The summed E-state index contributed by atoms with van der Waals surface area (Å²) in [5.74, 6) is 1.04.